The molecule has 3 rings (SSSR count). The number of aromatic nitrogens is 2. The summed E-state index contributed by atoms with van der Waals surface area (Å²) in [5, 5.41) is 17.8. The van der Waals surface area contributed by atoms with E-state index in [9.17, 15) is 10.1 Å². The molecule has 0 radical (unpaired) electrons. The number of guanidine groups is 1. The van der Waals surface area contributed by atoms with E-state index in [1.165, 1.54) is 6.33 Å². The Bertz CT molecular complexity index is 676. The van der Waals surface area contributed by atoms with Gasteiger partial charge in [0.1, 0.15) is 12.4 Å². The molecular formula is C15H20N6O2. The van der Waals surface area contributed by atoms with Gasteiger partial charge in [-0.2, -0.15) is 0 Å². The highest BCUT2D eigenvalue weighted by molar-refractivity contribution is 5.88. The van der Waals surface area contributed by atoms with Crippen LogP contribution in [0, 0.1) is 16.0 Å². The molecule has 122 valence electrons. The highest BCUT2D eigenvalue weighted by Crippen LogP contribution is 2.21. The number of hydrogen-bond donors (Lipinski definition) is 2. The van der Waals surface area contributed by atoms with Crippen LogP contribution in [0.2, 0.25) is 0 Å². The SMILES string of the molecule is CC1N=C(NC2CC=CC[C@@H]2C)NC(n2ccnc2)=C1[N+](=O)[O-]. The molecule has 1 aromatic heterocycles. The molecule has 2 unspecified atom stereocenters. The Kier molecular flexibility index (Phi) is 4.14. The molecule has 0 spiro atoms. The third-order valence-electron chi connectivity index (χ3n) is 4.23. The van der Waals surface area contributed by atoms with Crippen LogP contribution in [0.4, 0.5) is 0 Å². The molecule has 0 saturated heterocycles. The minimum atomic E-state index is -0.541. The minimum absolute atomic E-state index is 0.0325. The van der Waals surface area contributed by atoms with Crippen molar-refractivity contribution in [3.05, 3.63) is 46.7 Å². The number of allylic oxidation sites excluding steroid dienone is 1. The summed E-state index contributed by atoms with van der Waals surface area (Å²) in [7, 11) is 0. The van der Waals surface area contributed by atoms with Gasteiger partial charge in [-0.15, -0.1) is 0 Å². The zero-order valence-corrected chi connectivity index (χ0v) is 13.1. The largest absolute Gasteiger partial charge is 0.353 e. The van der Waals surface area contributed by atoms with Gasteiger partial charge in [0, 0.05) is 18.4 Å². The van der Waals surface area contributed by atoms with E-state index in [-0.39, 0.29) is 16.7 Å². The van der Waals surface area contributed by atoms with Crippen LogP contribution in [0.5, 0.6) is 0 Å². The van der Waals surface area contributed by atoms with E-state index >= 15 is 0 Å². The van der Waals surface area contributed by atoms with E-state index in [0.717, 1.165) is 12.8 Å². The number of hydrogen-bond acceptors (Lipinski definition) is 6. The Labute approximate surface area is 134 Å². The van der Waals surface area contributed by atoms with Crippen LogP contribution < -0.4 is 10.6 Å². The summed E-state index contributed by atoms with van der Waals surface area (Å²) in [5.41, 5.74) is 0.0325. The third kappa shape index (κ3) is 3.10. The monoisotopic (exact) mass is 316 g/mol. The Balaban J connectivity index is 1.85. The first-order chi connectivity index (χ1) is 11.1. The number of imidazole rings is 1. The fraction of sp³-hybridized carbons (Fsp3) is 0.467. The zero-order valence-electron chi connectivity index (χ0n) is 13.1. The molecule has 0 amide bonds. The molecule has 0 aromatic carbocycles. The Morgan fingerprint density at radius 3 is 2.83 bits per heavy atom. The highest BCUT2D eigenvalue weighted by Gasteiger charge is 2.33. The Hall–Kier alpha value is -2.64. The van der Waals surface area contributed by atoms with Gasteiger partial charge < -0.3 is 10.6 Å². The number of nitrogens with one attached hydrogen (secondary N) is 2. The second-order valence-corrected chi connectivity index (χ2v) is 5.91. The Morgan fingerprint density at radius 2 is 2.17 bits per heavy atom. The first-order valence-electron chi connectivity index (χ1n) is 7.69. The average Bonchev–Trinajstić information content (AvgIpc) is 3.03. The lowest BCUT2D eigenvalue weighted by atomic mass is 9.91. The minimum Gasteiger partial charge on any atom is -0.353 e. The molecule has 23 heavy (non-hydrogen) atoms. The van der Waals surface area contributed by atoms with E-state index in [0.29, 0.717) is 17.7 Å². The maximum atomic E-state index is 11.4. The average molecular weight is 316 g/mol. The second-order valence-electron chi connectivity index (χ2n) is 5.91. The summed E-state index contributed by atoms with van der Waals surface area (Å²) in [6, 6.07) is -0.278. The van der Waals surface area contributed by atoms with Gasteiger partial charge in [0.15, 0.2) is 11.8 Å². The second kappa shape index (κ2) is 6.23. The number of aliphatic imine (C=N–C) groups is 1. The molecule has 0 saturated carbocycles. The van der Waals surface area contributed by atoms with E-state index < -0.39 is 6.04 Å². The van der Waals surface area contributed by atoms with E-state index in [4.69, 9.17) is 0 Å². The number of nitro groups is 1. The lowest BCUT2D eigenvalue weighted by Gasteiger charge is -2.30. The van der Waals surface area contributed by atoms with Crippen LogP contribution in [0.1, 0.15) is 26.7 Å². The summed E-state index contributed by atoms with van der Waals surface area (Å²) in [5.74, 6) is 1.44. The highest BCUT2D eigenvalue weighted by atomic mass is 16.6. The van der Waals surface area contributed by atoms with Crippen molar-refractivity contribution in [3.63, 3.8) is 0 Å². The molecule has 0 bridgehead atoms. The third-order valence-corrected chi connectivity index (χ3v) is 4.23. The van der Waals surface area contributed by atoms with Gasteiger partial charge in [0.05, 0.1) is 4.92 Å². The molecule has 3 atom stereocenters. The summed E-state index contributed by atoms with van der Waals surface area (Å²) in [4.78, 5) is 19.4. The van der Waals surface area contributed by atoms with Gasteiger partial charge >= 0.3 is 5.70 Å². The van der Waals surface area contributed by atoms with Crippen molar-refractivity contribution < 1.29 is 4.92 Å². The molecule has 1 aliphatic carbocycles. The molecule has 1 aromatic rings. The van der Waals surface area contributed by atoms with E-state index in [1.807, 2.05) is 0 Å². The number of nitrogens with zero attached hydrogens (tertiary/aromatic N) is 4. The van der Waals surface area contributed by atoms with Gasteiger partial charge in [-0.3, -0.25) is 14.7 Å². The van der Waals surface area contributed by atoms with Gasteiger partial charge in [0.25, 0.3) is 0 Å². The molecule has 8 heteroatoms. The van der Waals surface area contributed by atoms with Gasteiger partial charge in [0.2, 0.25) is 0 Å². The van der Waals surface area contributed by atoms with Gasteiger partial charge in [-0.05, 0) is 25.7 Å². The van der Waals surface area contributed by atoms with Gasteiger partial charge in [-0.1, -0.05) is 19.1 Å². The molecular weight excluding hydrogens is 296 g/mol. The quantitative estimate of drug-likeness (QED) is 0.501. The van der Waals surface area contributed by atoms with Crippen molar-refractivity contribution in [1.29, 1.82) is 0 Å². The zero-order chi connectivity index (χ0) is 16.4. The first-order valence-corrected chi connectivity index (χ1v) is 7.69. The van der Waals surface area contributed by atoms with Crippen molar-refractivity contribution in [2.24, 2.45) is 10.9 Å². The van der Waals surface area contributed by atoms with Crippen LogP contribution in [-0.2, 0) is 0 Å². The molecule has 8 nitrogen and oxygen atoms in total. The summed E-state index contributed by atoms with van der Waals surface area (Å²) < 4.78 is 1.61. The maximum Gasteiger partial charge on any atom is 0.311 e. The van der Waals surface area contributed by atoms with Crippen molar-refractivity contribution in [2.75, 3.05) is 0 Å². The lowest BCUT2D eigenvalue weighted by molar-refractivity contribution is -0.428. The predicted octanol–water partition coefficient (Wildman–Crippen LogP) is 1.58. The maximum absolute atomic E-state index is 11.4. The molecule has 2 aliphatic rings. The van der Waals surface area contributed by atoms with Crippen LogP contribution in [0.25, 0.3) is 5.82 Å². The van der Waals surface area contributed by atoms with Crippen LogP contribution in [-0.4, -0.2) is 32.5 Å². The van der Waals surface area contributed by atoms with E-state index in [2.05, 4.69) is 39.7 Å². The van der Waals surface area contributed by atoms with E-state index in [1.54, 1.807) is 23.9 Å². The summed E-state index contributed by atoms with van der Waals surface area (Å²) in [6.45, 7) is 3.91. The molecule has 2 heterocycles. The predicted molar refractivity (Wildman–Crippen MR) is 86.9 cm³/mol. The topological polar surface area (TPSA) is 97.4 Å². The Morgan fingerprint density at radius 1 is 1.39 bits per heavy atom. The van der Waals surface area contributed by atoms with Crippen molar-refractivity contribution in [2.45, 2.75) is 38.8 Å². The molecule has 0 fully saturated rings. The molecule has 1 aliphatic heterocycles. The fourth-order valence-electron chi connectivity index (χ4n) is 2.89. The lowest BCUT2D eigenvalue weighted by Crippen LogP contribution is -2.49. The van der Waals surface area contributed by atoms with Crippen molar-refractivity contribution in [1.82, 2.24) is 20.2 Å². The van der Waals surface area contributed by atoms with Crippen molar-refractivity contribution >= 4 is 11.8 Å². The van der Waals surface area contributed by atoms with Crippen LogP contribution in [0.3, 0.4) is 0 Å². The smallest absolute Gasteiger partial charge is 0.311 e. The standard InChI is InChI=1S/C15H20N6O2/c1-10-5-3-4-6-12(10)18-15-17-11(2)13(21(22)23)14(19-15)20-8-7-16-9-20/h3-4,7-12H,5-6H2,1-2H3,(H2,17,18,19)/t10-,11?,12?/m0/s1. The van der Waals surface area contributed by atoms with Crippen LogP contribution >= 0.6 is 0 Å². The van der Waals surface area contributed by atoms with Crippen molar-refractivity contribution in [3.8, 4) is 0 Å². The summed E-state index contributed by atoms with van der Waals surface area (Å²) in [6.07, 6.45) is 11.1. The number of rotatable bonds is 3. The normalized spacial score (nSPS) is 27.4. The first kappa shape index (κ1) is 15.3. The fourth-order valence-corrected chi connectivity index (χ4v) is 2.89. The van der Waals surface area contributed by atoms with Gasteiger partial charge in [-0.25, -0.2) is 9.98 Å². The molecule has 2 N–H and O–H groups in total. The summed E-state index contributed by atoms with van der Waals surface area (Å²) >= 11 is 0. The van der Waals surface area contributed by atoms with Crippen LogP contribution in [0.15, 0.2) is 41.6 Å².